The molecule has 2 aromatic heterocycles. The van der Waals surface area contributed by atoms with Crippen LogP contribution in [0.25, 0.3) is 11.1 Å². The normalized spacial score (nSPS) is 16.8. The van der Waals surface area contributed by atoms with Gasteiger partial charge in [0.25, 0.3) is 5.91 Å². The van der Waals surface area contributed by atoms with Crippen molar-refractivity contribution in [1.82, 2.24) is 19.9 Å². The maximum Gasteiger partial charge on any atom is 0.253 e. The van der Waals surface area contributed by atoms with E-state index < -0.39 is 0 Å². The van der Waals surface area contributed by atoms with E-state index in [1.165, 1.54) is 12.1 Å². The van der Waals surface area contributed by atoms with Crippen LogP contribution in [-0.4, -0.2) is 38.8 Å². The molecule has 1 amide bonds. The van der Waals surface area contributed by atoms with Crippen molar-refractivity contribution in [3.05, 3.63) is 77.9 Å². The Morgan fingerprint density at radius 3 is 2.64 bits per heavy atom. The highest BCUT2D eigenvalue weighted by Crippen LogP contribution is 2.33. The van der Waals surface area contributed by atoms with E-state index in [4.69, 9.17) is 4.98 Å². The number of aromatic nitrogens is 3. The molecular formula is C22H21FN4O. The van der Waals surface area contributed by atoms with Crippen LogP contribution in [0.15, 0.2) is 55.0 Å². The second-order valence-corrected chi connectivity index (χ2v) is 7.05. The van der Waals surface area contributed by atoms with Crippen molar-refractivity contribution in [3.63, 3.8) is 0 Å². The zero-order valence-corrected chi connectivity index (χ0v) is 15.7. The van der Waals surface area contributed by atoms with E-state index >= 15 is 0 Å². The Kier molecular flexibility index (Phi) is 5.10. The second kappa shape index (κ2) is 7.84. The van der Waals surface area contributed by atoms with Gasteiger partial charge in [-0.25, -0.2) is 14.4 Å². The van der Waals surface area contributed by atoms with Crippen molar-refractivity contribution in [1.29, 1.82) is 0 Å². The smallest absolute Gasteiger partial charge is 0.253 e. The molecule has 0 bridgehead atoms. The SMILES string of the molecule is Cc1ncc(-c2ccncc2)c(C2CCCN(C(=O)c3ccc(F)cc3)C2)n1. The third kappa shape index (κ3) is 3.76. The summed E-state index contributed by atoms with van der Waals surface area (Å²) in [6, 6.07) is 9.62. The molecule has 0 aliphatic carbocycles. The van der Waals surface area contributed by atoms with Crippen molar-refractivity contribution < 1.29 is 9.18 Å². The zero-order chi connectivity index (χ0) is 19.5. The van der Waals surface area contributed by atoms with E-state index in [0.717, 1.165) is 35.5 Å². The zero-order valence-electron chi connectivity index (χ0n) is 15.7. The highest BCUT2D eigenvalue weighted by molar-refractivity contribution is 5.94. The van der Waals surface area contributed by atoms with Crippen molar-refractivity contribution in [2.24, 2.45) is 0 Å². The third-order valence-electron chi connectivity index (χ3n) is 5.12. The fourth-order valence-electron chi connectivity index (χ4n) is 3.71. The molecule has 0 radical (unpaired) electrons. The molecular weight excluding hydrogens is 355 g/mol. The lowest BCUT2D eigenvalue weighted by Gasteiger charge is -2.33. The summed E-state index contributed by atoms with van der Waals surface area (Å²) in [6.07, 6.45) is 7.22. The van der Waals surface area contributed by atoms with Gasteiger partial charge in [0.1, 0.15) is 11.6 Å². The van der Waals surface area contributed by atoms with Gasteiger partial charge < -0.3 is 4.90 Å². The number of halogens is 1. The molecule has 5 nitrogen and oxygen atoms in total. The molecule has 1 fully saturated rings. The third-order valence-corrected chi connectivity index (χ3v) is 5.12. The van der Waals surface area contributed by atoms with Crippen LogP contribution < -0.4 is 0 Å². The van der Waals surface area contributed by atoms with Crippen LogP contribution in [0, 0.1) is 12.7 Å². The number of aryl methyl sites for hydroxylation is 1. The average Bonchev–Trinajstić information content (AvgIpc) is 2.74. The largest absolute Gasteiger partial charge is 0.338 e. The van der Waals surface area contributed by atoms with Gasteiger partial charge in [-0.15, -0.1) is 0 Å². The Balaban J connectivity index is 1.62. The first kappa shape index (κ1) is 18.2. The van der Waals surface area contributed by atoms with Gasteiger partial charge in [-0.05, 0) is 61.7 Å². The predicted octanol–water partition coefficient (Wildman–Crippen LogP) is 4.01. The van der Waals surface area contributed by atoms with Crippen molar-refractivity contribution in [2.75, 3.05) is 13.1 Å². The highest BCUT2D eigenvalue weighted by atomic mass is 19.1. The maximum absolute atomic E-state index is 13.2. The molecule has 0 saturated carbocycles. The van der Waals surface area contributed by atoms with E-state index in [1.807, 2.05) is 30.2 Å². The summed E-state index contributed by atoms with van der Waals surface area (Å²) < 4.78 is 13.2. The topological polar surface area (TPSA) is 59.0 Å². The molecule has 4 rings (SSSR count). The molecule has 6 heteroatoms. The molecule has 0 spiro atoms. The van der Waals surface area contributed by atoms with Crippen LogP contribution in [0.1, 0.15) is 40.6 Å². The van der Waals surface area contributed by atoms with Crippen molar-refractivity contribution in [2.45, 2.75) is 25.7 Å². The number of piperidine rings is 1. The van der Waals surface area contributed by atoms with Crippen molar-refractivity contribution >= 4 is 5.91 Å². The number of pyridine rings is 1. The molecule has 1 atom stereocenters. The van der Waals surface area contributed by atoms with E-state index in [-0.39, 0.29) is 17.6 Å². The maximum atomic E-state index is 13.2. The van der Waals surface area contributed by atoms with Gasteiger partial charge in [-0.2, -0.15) is 0 Å². The first-order valence-corrected chi connectivity index (χ1v) is 9.40. The first-order valence-electron chi connectivity index (χ1n) is 9.40. The lowest BCUT2D eigenvalue weighted by molar-refractivity contribution is 0.0706. The van der Waals surface area contributed by atoms with Crippen LogP contribution in [0.3, 0.4) is 0 Å². The fourth-order valence-corrected chi connectivity index (χ4v) is 3.71. The number of hydrogen-bond acceptors (Lipinski definition) is 4. The van der Waals surface area contributed by atoms with Gasteiger partial charge in [0.05, 0.1) is 5.69 Å². The number of carbonyl (C=O) groups excluding carboxylic acids is 1. The first-order chi connectivity index (χ1) is 13.6. The van der Waals surface area contributed by atoms with Gasteiger partial charge >= 0.3 is 0 Å². The van der Waals surface area contributed by atoms with Gasteiger partial charge in [-0.3, -0.25) is 9.78 Å². The number of amides is 1. The molecule has 3 heterocycles. The van der Waals surface area contributed by atoms with E-state index in [9.17, 15) is 9.18 Å². The number of nitrogens with zero attached hydrogens (tertiary/aromatic N) is 4. The van der Waals surface area contributed by atoms with Crippen molar-refractivity contribution in [3.8, 4) is 11.1 Å². The van der Waals surface area contributed by atoms with Crippen LogP contribution in [-0.2, 0) is 0 Å². The Morgan fingerprint density at radius 1 is 1.14 bits per heavy atom. The van der Waals surface area contributed by atoms with Gasteiger partial charge in [0.15, 0.2) is 0 Å². The van der Waals surface area contributed by atoms with Gasteiger partial charge in [0.2, 0.25) is 0 Å². The molecule has 28 heavy (non-hydrogen) atoms. The van der Waals surface area contributed by atoms with Crippen LogP contribution >= 0.6 is 0 Å². The monoisotopic (exact) mass is 376 g/mol. The number of hydrogen-bond donors (Lipinski definition) is 0. The number of carbonyl (C=O) groups is 1. The van der Waals surface area contributed by atoms with Gasteiger partial charge in [-0.1, -0.05) is 0 Å². The summed E-state index contributed by atoms with van der Waals surface area (Å²) in [5.74, 6) is 0.435. The summed E-state index contributed by atoms with van der Waals surface area (Å²) in [4.78, 5) is 27.9. The minimum atomic E-state index is -0.341. The molecule has 1 aliphatic rings. The average molecular weight is 376 g/mol. The fraction of sp³-hybridized carbons (Fsp3) is 0.273. The molecule has 1 aromatic carbocycles. The van der Waals surface area contributed by atoms with E-state index in [0.29, 0.717) is 18.7 Å². The Hall–Kier alpha value is -3.15. The molecule has 3 aromatic rings. The Bertz CT molecular complexity index is 976. The standard InChI is InChI=1S/C22H21FN4O/c1-15-25-13-20(16-8-10-24-11-9-16)21(26-15)18-3-2-12-27(14-18)22(28)17-4-6-19(23)7-5-17/h4-11,13,18H,2-3,12,14H2,1H3. The summed E-state index contributed by atoms with van der Waals surface area (Å²) in [5.41, 5.74) is 3.48. The summed E-state index contributed by atoms with van der Waals surface area (Å²) >= 11 is 0. The van der Waals surface area contributed by atoms with E-state index in [1.54, 1.807) is 24.5 Å². The quantitative estimate of drug-likeness (QED) is 0.693. The summed E-state index contributed by atoms with van der Waals surface area (Å²) in [6.45, 7) is 3.16. The number of likely N-dealkylation sites (tertiary alicyclic amines) is 1. The highest BCUT2D eigenvalue weighted by Gasteiger charge is 2.28. The molecule has 142 valence electrons. The molecule has 1 unspecified atom stereocenters. The van der Waals surface area contributed by atoms with E-state index in [2.05, 4.69) is 9.97 Å². The molecule has 1 saturated heterocycles. The van der Waals surface area contributed by atoms with Crippen LogP contribution in [0.4, 0.5) is 4.39 Å². The lowest BCUT2D eigenvalue weighted by Crippen LogP contribution is -2.39. The lowest BCUT2D eigenvalue weighted by atomic mass is 9.89. The Morgan fingerprint density at radius 2 is 1.89 bits per heavy atom. The minimum Gasteiger partial charge on any atom is -0.338 e. The Labute approximate surface area is 163 Å². The second-order valence-electron chi connectivity index (χ2n) is 7.05. The minimum absolute atomic E-state index is 0.0686. The summed E-state index contributed by atoms with van der Waals surface area (Å²) in [7, 11) is 0. The number of rotatable bonds is 3. The summed E-state index contributed by atoms with van der Waals surface area (Å²) in [5, 5.41) is 0. The number of benzene rings is 1. The van der Waals surface area contributed by atoms with Gasteiger partial charge in [0, 0.05) is 48.7 Å². The molecule has 1 aliphatic heterocycles. The van der Waals surface area contributed by atoms with Crippen LogP contribution in [0.5, 0.6) is 0 Å². The predicted molar refractivity (Wildman–Crippen MR) is 104 cm³/mol. The van der Waals surface area contributed by atoms with Crippen LogP contribution in [0.2, 0.25) is 0 Å². The molecule has 0 N–H and O–H groups in total.